The first kappa shape index (κ1) is 19.3. The third-order valence-electron chi connectivity index (χ3n) is 4.56. The summed E-state index contributed by atoms with van der Waals surface area (Å²) in [6.07, 6.45) is 3.47. The number of hydrogen-bond donors (Lipinski definition) is 3. The molecule has 0 spiro atoms. The van der Waals surface area contributed by atoms with E-state index in [1.807, 2.05) is 30.0 Å². The van der Waals surface area contributed by atoms with Crippen LogP contribution in [0.3, 0.4) is 0 Å². The Labute approximate surface area is 149 Å². The number of carbonyl (C=O) groups excluding carboxylic acids is 1. The fraction of sp³-hybridized carbons (Fsp3) is 0.632. The number of aliphatic hydroxyl groups excluding tert-OH is 1. The summed E-state index contributed by atoms with van der Waals surface area (Å²) >= 11 is 1.94. The third kappa shape index (κ3) is 6.11. The molecule has 1 aromatic carbocycles. The zero-order valence-corrected chi connectivity index (χ0v) is 15.4. The molecular weight excluding hydrogens is 322 g/mol. The van der Waals surface area contributed by atoms with Crippen LogP contribution in [0.25, 0.3) is 0 Å². The van der Waals surface area contributed by atoms with Crippen LogP contribution in [-0.4, -0.2) is 45.9 Å². The minimum Gasteiger partial charge on any atom is -0.394 e. The van der Waals surface area contributed by atoms with E-state index in [4.69, 9.17) is 0 Å². The molecule has 0 bridgehead atoms. The molecule has 1 aromatic rings. The lowest BCUT2D eigenvalue weighted by atomic mass is 9.93. The van der Waals surface area contributed by atoms with Crippen molar-refractivity contribution in [1.82, 2.24) is 5.32 Å². The number of nitrogens with one attached hydrogen (secondary N) is 1. The Hall–Kier alpha value is -1.04. The molecule has 134 valence electrons. The van der Waals surface area contributed by atoms with Crippen molar-refractivity contribution in [1.29, 1.82) is 0 Å². The first-order valence-corrected chi connectivity index (χ1v) is 9.85. The number of carbonyl (C=O) groups is 1. The van der Waals surface area contributed by atoms with Gasteiger partial charge in [-0.15, -0.1) is 0 Å². The summed E-state index contributed by atoms with van der Waals surface area (Å²) in [6, 6.07) is 7.36. The largest absolute Gasteiger partial charge is 0.394 e. The Kier molecular flexibility index (Phi) is 7.14. The van der Waals surface area contributed by atoms with Crippen LogP contribution in [0.4, 0.5) is 0 Å². The van der Waals surface area contributed by atoms with Gasteiger partial charge >= 0.3 is 0 Å². The van der Waals surface area contributed by atoms with E-state index in [1.54, 1.807) is 19.9 Å². The standard InChI is InChI=1S/C19H29NO3S/c1-19(2,23)9-6-14-4-3-5-16(12-14)18(22)20-17(13-21)15-7-10-24-11-8-15/h3-5,12,15,17,21,23H,6-11,13H2,1-2H3,(H,20,22)/t17-/m1/s1. The summed E-state index contributed by atoms with van der Waals surface area (Å²) in [5.74, 6) is 2.43. The number of amides is 1. The molecule has 0 aliphatic carbocycles. The molecule has 1 amide bonds. The van der Waals surface area contributed by atoms with Gasteiger partial charge in [-0.05, 0) is 74.7 Å². The van der Waals surface area contributed by atoms with Gasteiger partial charge in [0.15, 0.2) is 0 Å². The molecule has 3 N–H and O–H groups in total. The van der Waals surface area contributed by atoms with Crippen molar-refractivity contribution in [2.75, 3.05) is 18.1 Å². The molecule has 1 heterocycles. The Morgan fingerprint density at radius 3 is 2.71 bits per heavy atom. The Morgan fingerprint density at radius 2 is 2.08 bits per heavy atom. The smallest absolute Gasteiger partial charge is 0.251 e. The van der Waals surface area contributed by atoms with E-state index >= 15 is 0 Å². The van der Waals surface area contributed by atoms with E-state index in [1.165, 1.54) is 0 Å². The molecular formula is C19H29NO3S. The molecule has 0 saturated carbocycles. The average molecular weight is 352 g/mol. The Bertz CT molecular complexity index is 536. The Morgan fingerprint density at radius 1 is 1.38 bits per heavy atom. The van der Waals surface area contributed by atoms with Crippen molar-refractivity contribution in [2.45, 2.75) is 51.2 Å². The number of aliphatic hydroxyl groups is 2. The first-order chi connectivity index (χ1) is 11.4. The maximum Gasteiger partial charge on any atom is 0.251 e. The second-order valence-corrected chi connectivity index (χ2v) is 8.45. The molecule has 0 radical (unpaired) electrons. The van der Waals surface area contributed by atoms with Crippen LogP contribution >= 0.6 is 11.8 Å². The highest BCUT2D eigenvalue weighted by molar-refractivity contribution is 7.99. The summed E-state index contributed by atoms with van der Waals surface area (Å²) in [7, 11) is 0. The zero-order valence-electron chi connectivity index (χ0n) is 14.6. The van der Waals surface area contributed by atoms with E-state index < -0.39 is 5.60 Å². The SMILES string of the molecule is CC(C)(O)CCc1cccc(C(=O)N[C@H](CO)C2CCSCC2)c1. The number of rotatable bonds is 7. The molecule has 2 rings (SSSR count). The summed E-state index contributed by atoms with van der Waals surface area (Å²) in [5.41, 5.74) is 0.949. The van der Waals surface area contributed by atoms with Gasteiger partial charge in [0, 0.05) is 5.56 Å². The molecule has 24 heavy (non-hydrogen) atoms. The summed E-state index contributed by atoms with van der Waals surface area (Å²) in [6.45, 7) is 3.56. The fourth-order valence-corrected chi connectivity index (χ4v) is 4.14. The van der Waals surface area contributed by atoms with Gasteiger partial charge in [0.2, 0.25) is 0 Å². The molecule has 1 aliphatic heterocycles. The van der Waals surface area contributed by atoms with Gasteiger partial charge in [-0.3, -0.25) is 4.79 Å². The van der Waals surface area contributed by atoms with Crippen LogP contribution in [0, 0.1) is 5.92 Å². The van der Waals surface area contributed by atoms with Crippen LogP contribution in [0.5, 0.6) is 0 Å². The van der Waals surface area contributed by atoms with Crippen LogP contribution in [-0.2, 0) is 6.42 Å². The van der Waals surface area contributed by atoms with Gasteiger partial charge in [-0.2, -0.15) is 11.8 Å². The minimum atomic E-state index is -0.709. The maximum atomic E-state index is 12.5. The van der Waals surface area contributed by atoms with Gasteiger partial charge < -0.3 is 15.5 Å². The maximum absolute atomic E-state index is 12.5. The quantitative estimate of drug-likeness (QED) is 0.706. The molecule has 1 fully saturated rings. The van der Waals surface area contributed by atoms with Gasteiger partial charge in [0.1, 0.15) is 0 Å². The summed E-state index contributed by atoms with van der Waals surface area (Å²) in [5, 5.41) is 22.5. The van der Waals surface area contributed by atoms with Crippen molar-refractivity contribution < 1.29 is 15.0 Å². The predicted octanol–water partition coefficient (Wildman–Crippen LogP) is 2.62. The number of aryl methyl sites for hydroxylation is 1. The topological polar surface area (TPSA) is 69.6 Å². The lowest BCUT2D eigenvalue weighted by molar-refractivity contribution is 0.0714. The van der Waals surface area contributed by atoms with Gasteiger partial charge in [-0.1, -0.05) is 12.1 Å². The highest BCUT2D eigenvalue weighted by atomic mass is 32.2. The van der Waals surface area contributed by atoms with Crippen molar-refractivity contribution in [3.8, 4) is 0 Å². The van der Waals surface area contributed by atoms with Gasteiger partial charge in [0.25, 0.3) is 5.91 Å². The number of thioether (sulfide) groups is 1. The highest BCUT2D eigenvalue weighted by Gasteiger charge is 2.25. The molecule has 1 atom stereocenters. The Balaban J connectivity index is 1.97. The highest BCUT2D eigenvalue weighted by Crippen LogP contribution is 2.25. The molecule has 4 nitrogen and oxygen atoms in total. The fourth-order valence-electron chi connectivity index (χ4n) is 3.00. The normalized spacial score (nSPS) is 17.5. The van der Waals surface area contributed by atoms with Crippen molar-refractivity contribution in [3.05, 3.63) is 35.4 Å². The number of hydrogen-bond acceptors (Lipinski definition) is 4. The van der Waals surface area contributed by atoms with E-state index in [9.17, 15) is 15.0 Å². The summed E-state index contributed by atoms with van der Waals surface area (Å²) in [4.78, 5) is 12.5. The third-order valence-corrected chi connectivity index (χ3v) is 5.61. The van der Waals surface area contributed by atoms with E-state index in [0.717, 1.165) is 36.3 Å². The average Bonchev–Trinajstić information content (AvgIpc) is 2.58. The van der Waals surface area contributed by atoms with Crippen LogP contribution in [0.1, 0.15) is 49.0 Å². The second-order valence-electron chi connectivity index (χ2n) is 7.23. The summed E-state index contributed by atoms with van der Waals surface area (Å²) < 4.78 is 0. The molecule has 1 aliphatic rings. The van der Waals surface area contributed by atoms with Crippen LogP contribution < -0.4 is 5.32 Å². The van der Waals surface area contributed by atoms with Crippen LogP contribution in [0.2, 0.25) is 0 Å². The number of benzene rings is 1. The lowest BCUT2D eigenvalue weighted by Crippen LogP contribution is -2.44. The minimum absolute atomic E-state index is 0.0144. The first-order valence-electron chi connectivity index (χ1n) is 8.70. The van der Waals surface area contributed by atoms with Crippen molar-refractivity contribution in [2.24, 2.45) is 5.92 Å². The molecule has 5 heteroatoms. The molecule has 1 saturated heterocycles. The van der Waals surface area contributed by atoms with Crippen LogP contribution in [0.15, 0.2) is 24.3 Å². The van der Waals surface area contributed by atoms with Crippen molar-refractivity contribution >= 4 is 17.7 Å². The lowest BCUT2D eigenvalue weighted by Gasteiger charge is -2.29. The predicted molar refractivity (Wildman–Crippen MR) is 99.4 cm³/mol. The van der Waals surface area contributed by atoms with E-state index in [0.29, 0.717) is 17.9 Å². The molecule has 0 unspecified atom stereocenters. The zero-order chi connectivity index (χ0) is 17.6. The van der Waals surface area contributed by atoms with Gasteiger partial charge in [-0.25, -0.2) is 0 Å². The monoisotopic (exact) mass is 351 g/mol. The van der Waals surface area contributed by atoms with Gasteiger partial charge in [0.05, 0.1) is 18.2 Å². The second kappa shape index (κ2) is 8.88. The van der Waals surface area contributed by atoms with Crippen molar-refractivity contribution in [3.63, 3.8) is 0 Å². The molecule has 0 aromatic heterocycles. The van der Waals surface area contributed by atoms with E-state index in [2.05, 4.69) is 5.32 Å². The van der Waals surface area contributed by atoms with E-state index in [-0.39, 0.29) is 18.6 Å².